The summed E-state index contributed by atoms with van der Waals surface area (Å²) >= 11 is 0. The number of hydrogen-bond donors (Lipinski definition) is 1. The van der Waals surface area contributed by atoms with Crippen molar-refractivity contribution in [3.8, 4) is 0 Å². The summed E-state index contributed by atoms with van der Waals surface area (Å²) in [6.07, 6.45) is 8.76. The number of carboxylic acids is 1. The second-order valence-corrected chi connectivity index (χ2v) is 7.56. The maximum Gasteiger partial charge on any atom is 1.00 e. The minimum Gasteiger partial charge on any atom is -0.548 e. The smallest absolute Gasteiger partial charge is 0.548 e. The fraction of sp³-hybridized carbons (Fsp3) is 0.636. The molecule has 6 heteroatoms. The van der Waals surface area contributed by atoms with Crippen LogP contribution < -0.4 is 44.9 Å². The van der Waals surface area contributed by atoms with Gasteiger partial charge in [-0.15, -0.1) is 0 Å². The first-order chi connectivity index (χ1) is 12.8. The summed E-state index contributed by atoms with van der Waals surface area (Å²) in [4.78, 5) is 25.4. The van der Waals surface area contributed by atoms with E-state index >= 15 is 0 Å². The summed E-state index contributed by atoms with van der Waals surface area (Å²) in [7, 11) is 0. The zero-order valence-electron chi connectivity index (χ0n) is 18.3. The number of hydrogen-bond acceptors (Lipinski definition) is 4. The van der Waals surface area contributed by atoms with E-state index in [1.165, 1.54) is 32.1 Å². The Bertz CT molecular complexity index is 605. The summed E-state index contributed by atoms with van der Waals surface area (Å²) in [5.74, 6) is -1.12. The fourth-order valence-corrected chi connectivity index (χ4v) is 3.23. The molecule has 0 radical (unpaired) electrons. The van der Waals surface area contributed by atoms with Crippen LogP contribution in [0.5, 0.6) is 0 Å². The summed E-state index contributed by atoms with van der Waals surface area (Å²) in [6, 6.07) is 7.32. The van der Waals surface area contributed by atoms with Gasteiger partial charge < -0.3 is 20.1 Å². The van der Waals surface area contributed by atoms with Gasteiger partial charge >= 0.3 is 29.6 Å². The summed E-state index contributed by atoms with van der Waals surface area (Å²) in [6.45, 7) is 7.88. The van der Waals surface area contributed by atoms with Gasteiger partial charge in [-0.05, 0) is 45.4 Å². The van der Waals surface area contributed by atoms with Gasteiger partial charge in [-0.25, -0.2) is 0 Å². The number of amides is 1. The molecule has 0 saturated heterocycles. The quantitative estimate of drug-likeness (QED) is 0.399. The molecule has 0 saturated carbocycles. The molecule has 0 fully saturated rings. The van der Waals surface area contributed by atoms with Gasteiger partial charge in [0, 0.05) is 24.3 Å². The molecule has 1 amide bonds. The van der Waals surface area contributed by atoms with E-state index in [0.29, 0.717) is 18.7 Å². The third kappa shape index (κ3) is 8.97. The largest absolute Gasteiger partial charge is 1.00 e. The molecular weight excluding hydrogens is 363 g/mol. The van der Waals surface area contributed by atoms with E-state index in [1.54, 1.807) is 18.7 Å². The monoisotopic (exact) mass is 398 g/mol. The zero-order valence-corrected chi connectivity index (χ0v) is 20.3. The number of carbonyl (C=O) groups is 2. The van der Waals surface area contributed by atoms with Crippen LogP contribution in [-0.4, -0.2) is 24.0 Å². The number of nitrogens with one attached hydrogen (secondary N) is 1. The molecule has 1 aromatic carbocycles. The van der Waals surface area contributed by atoms with Gasteiger partial charge in [0.05, 0.1) is 11.5 Å². The van der Waals surface area contributed by atoms with Gasteiger partial charge in [0.15, 0.2) is 0 Å². The predicted octanol–water partition coefficient (Wildman–Crippen LogP) is 1.12. The van der Waals surface area contributed by atoms with Crippen LogP contribution in [0, 0.1) is 0 Å². The fourth-order valence-electron chi connectivity index (χ4n) is 3.23. The molecule has 0 unspecified atom stereocenters. The summed E-state index contributed by atoms with van der Waals surface area (Å²) < 4.78 is 0. The van der Waals surface area contributed by atoms with E-state index in [1.807, 2.05) is 31.2 Å². The maximum absolute atomic E-state index is 12.2. The van der Waals surface area contributed by atoms with Crippen LogP contribution in [-0.2, 0) is 9.59 Å². The first-order valence-electron chi connectivity index (χ1n) is 10.2. The Morgan fingerprint density at radius 2 is 1.64 bits per heavy atom. The van der Waals surface area contributed by atoms with Crippen LogP contribution in [0.4, 0.5) is 11.4 Å². The SMILES string of the molecule is CCCCCCCCCC(=O)Nc1cccc(N(CC)C(C)(C)C(=O)[O-])c1.[Na+]. The number of carboxylic acid groups (broad SMARTS) is 1. The molecule has 1 N–H and O–H groups in total. The second kappa shape index (κ2) is 14.0. The molecule has 0 aliphatic heterocycles. The Morgan fingerprint density at radius 3 is 2.21 bits per heavy atom. The third-order valence-corrected chi connectivity index (χ3v) is 4.94. The van der Waals surface area contributed by atoms with Gasteiger partial charge in [0.1, 0.15) is 0 Å². The van der Waals surface area contributed by atoms with E-state index in [0.717, 1.165) is 18.5 Å². The van der Waals surface area contributed by atoms with Gasteiger partial charge in [-0.3, -0.25) is 4.79 Å². The van der Waals surface area contributed by atoms with Gasteiger partial charge in [-0.2, -0.15) is 0 Å². The number of aliphatic carboxylic acids is 1. The van der Waals surface area contributed by atoms with Crippen LogP contribution >= 0.6 is 0 Å². The molecule has 0 aromatic heterocycles. The van der Waals surface area contributed by atoms with Crippen molar-refractivity contribution in [3.63, 3.8) is 0 Å². The molecule has 0 aliphatic rings. The van der Waals surface area contributed by atoms with E-state index in [4.69, 9.17) is 0 Å². The van der Waals surface area contributed by atoms with E-state index in [9.17, 15) is 14.7 Å². The molecule has 0 spiro atoms. The first-order valence-corrected chi connectivity index (χ1v) is 10.2. The number of benzene rings is 1. The number of carbonyl (C=O) groups excluding carboxylic acids is 2. The van der Waals surface area contributed by atoms with Gasteiger partial charge in [-0.1, -0.05) is 51.5 Å². The summed E-state index contributed by atoms with van der Waals surface area (Å²) in [5, 5.41) is 14.4. The average molecular weight is 399 g/mol. The third-order valence-electron chi connectivity index (χ3n) is 4.94. The van der Waals surface area contributed by atoms with Crippen molar-refractivity contribution in [1.29, 1.82) is 0 Å². The predicted molar refractivity (Wildman–Crippen MR) is 110 cm³/mol. The van der Waals surface area contributed by atoms with Crippen LogP contribution in [0.15, 0.2) is 24.3 Å². The number of unbranched alkanes of at least 4 members (excludes halogenated alkanes) is 6. The number of likely N-dealkylation sites (N-methyl/N-ethyl adjacent to an activating group) is 1. The molecule has 0 bridgehead atoms. The molecule has 0 heterocycles. The molecule has 28 heavy (non-hydrogen) atoms. The van der Waals surface area contributed by atoms with E-state index in [-0.39, 0.29) is 35.5 Å². The van der Waals surface area contributed by atoms with Gasteiger partial charge in [0.2, 0.25) is 5.91 Å². The van der Waals surface area contributed by atoms with Crippen molar-refractivity contribution >= 4 is 23.3 Å². The van der Waals surface area contributed by atoms with Crippen molar-refractivity contribution in [3.05, 3.63) is 24.3 Å². The molecule has 0 aliphatic carbocycles. The Kier molecular flexibility index (Phi) is 13.5. The Labute approximate surface area is 192 Å². The minimum absolute atomic E-state index is 0. The second-order valence-electron chi connectivity index (χ2n) is 7.56. The van der Waals surface area contributed by atoms with E-state index < -0.39 is 11.5 Å². The molecular formula is C22H35N2NaO3. The standard InChI is InChI=1S/C22H36N2O3.Na/c1-5-7-8-9-10-11-12-16-20(25)23-18-14-13-15-19(17-18)24(6-2)22(3,4)21(26)27;/h13-15,17H,5-12,16H2,1-4H3,(H,23,25)(H,26,27);/q;+1/p-1. The molecule has 5 nitrogen and oxygen atoms in total. The van der Waals surface area contributed by atoms with Crippen molar-refractivity contribution < 1.29 is 44.3 Å². The van der Waals surface area contributed by atoms with Crippen LogP contribution in [0.3, 0.4) is 0 Å². The molecule has 1 aromatic rings. The van der Waals surface area contributed by atoms with E-state index in [2.05, 4.69) is 12.2 Å². The Balaban J connectivity index is 0.00000729. The Hall–Kier alpha value is -1.04. The number of anilines is 2. The minimum atomic E-state index is -1.13. The van der Waals surface area contributed by atoms with Crippen molar-refractivity contribution in [2.24, 2.45) is 0 Å². The van der Waals surface area contributed by atoms with Crippen molar-refractivity contribution in [2.45, 2.75) is 84.6 Å². The first kappa shape index (κ1) is 27.0. The van der Waals surface area contributed by atoms with Crippen molar-refractivity contribution in [1.82, 2.24) is 0 Å². The maximum atomic E-state index is 12.2. The Morgan fingerprint density at radius 1 is 1.04 bits per heavy atom. The summed E-state index contributed by atoms with van der Waals surface area (Å²) in [5.41, 5.74) is 0.309. The van der Waals surface area contributed by atoms with Gasteiger partial charge in [0.25, 0.3) is 0 Å². The zero-order chi connectivity index (χ0) is 20.3. The molecule has 0 atom stereocenters. The average Bonchev–Trinajstić information content (AvgIpc) is 2.61. The number of rotatable bonds is 13. The van der Waals surface area contributed by atoms with Crippen LogP contribution in [0.2, 0.25) is 0 Å². The molecule has 152 valence electrons. The van der Waals surface area contributed by atoms with Crippen LogP contribution in [0.25, 0.3) is 0 Å². The van der Waals surface area contributed by atoms with Crippen LogP contribution in [0.1, 0.15) is 79.1 Å². The van der Waals surface area contributed by atoms with Crippen molar-refractivity contribution in [2.75, 3.05) is 16.8 Å². The molecule has 1 rings (SSSR count). The number of nitrogens with zero attached hydrogens (tertiary/aromatic N) is 1. The topological polar surface area (TPSA) is 72.5 Å². The normalized spacial score (nSPS) is 10.9.